The van der Waals surface area contributed by atoms with E-state index in [1.807, 2.05) is 6.92 Å². The maximum absolute atomic E-state index is 12.0. The summed E-state index contributed by atoms with van der Waals surface area (Å²) in [6.45, 7) is 11.2. The van der Waals surface area contributed by atoms with Crippen LogP contribution in [0.1, 0.15) is 49.2 Å². The average molecular weight is 378 g/mol. The molecule has 0 spiro atoms. The Kier molecular flexibility index (Phi) is 8.64. The number of hydrogen-bond acceptors (Lipinski definition) is 4. The number of nitrogens with one attached hydrogen (secondary N) is 3. The van der Waals surface area contributed by atoms with Gasteiger partial charge in [-0.05, 0) is 38.2 Å². The fourth-order valence-corrected chi connectivity index (χ4v) is 3.35. The van der Waals surface area contributed by atoms with E-state index in [9.17, 15) is 4.79 Å². The van der Waals surface area contributed by atoms with Gasteiger partial charge in [0.1, 0.15) is 0 Å². The van der Waals surface area contributed by atoms with Crippen LogP contribution in [-0.2, 0) is 0 Å². The monoisotopic (exact) mass is 377 g/mol. The largest absolute Gasteiger partial charge is 0.459 e. The molecule has 0 saturated carbocycles. The van der Waals surface area contributed by atoms with Gasteiger partial charge in [0.2, 0.25) is 0 Å². The summed E-state index contributed by atoms with van der Waals surface area (Å²) in [6.07, 6.45) is 4.64. The molecular formula is C20H35N5O2. The molecule has 1 saturated heterocycles. The van der Waals surface area contributed by atoms with Gasteiger partial charge in [-0.2, -0.15) is 0 Å². The smallest absolute Gasteiger partial charge is 0.287 e. The maximum atomic E-state index is 12.0. The van der Waals surface area contributed by atoms with Crippen molar-refractivity contribution in [3.63, 3.8) is 0 Å². The molecule has 2 heterocycles. The number of hydrogen-bond donors (Lipinski definition) is 3. The molecule has 2 rings (SSSR count). The maximum Gasteiger partial charge on any atom is 0.287 e. The highest BCUT2D eigenvalue weighted by molar-refractivity contribution is 5.92. The zero-order valence-electron chi connectivity index (χ0n) is 17.2. The molecule has 0 radical (unpaired) electrons. The summed E-state index contributed by atoms with van der Waals surface area (Å²) in [6, 6.07) is 2.26. The fraction of sp³-hybridized carbons (Fsp3) is 0.700. The van der Waals surface area contributed by atoms with E-state index < -0.39 is 0 Å². The zero-order chi connectivity index (χ0) is 19.6. The third kappa shape index (κ3) is 7.25. The van der Waals surface area contributed by atoms with Crippen molar-refractivity contribution in [2.45, 2.75) is 46.1 Å². The number of nitrogens with zero attached hydrogens (tertiary/aromatic N) is 2. The van der Waals surface area contributed by atoms with Gasteiger partial charge in [0, 0.05) is 51.4 Å². The Morgan fingerprint density at radius 3 is 2.59 bits per heavy atom. The number of furan rings is 1. The van der Waals surface area contributed by atoms with Gasteiger partial charge in [-0.25, -0.2) is 0 Å². The average Bonchev–Trinajstić information content (AvgIpc) is 3.07. The van der Waals surface area contributed by atoms with Crippen LogP contribution in [0.15, 0.2) is 21.7 Å². The second-order valence-electron chi connectivity index (χ2n) is 7.65. The van der Waals surface area contributed by atoms with Gasteiger partial charge in [0.15, 0.2) is 11.7 Å². The predicted molar refractivity (Wildman–Crippen MR) is 109 cm³/mol. The highest BCUT2D eigenvalue weighted by atomic mass is 16.3. The van der Waals surface area contributed by atoms with E-state index >= 15 is 0 Å². The summed E-state index contributed by atoms with van der Waals surface area (Å²) >= 11 is 0. The first-order valence-corrected chi connectivity index (χ1v) is 10.0. The molecule has 0 bridgehead atoms. The molecule has 1 aromatic rings. The lowest BCUT2D eigenvalue weighted by atomic mass is 10.0. The molecule has 1 aromatic heterocycles. The molecule has 0 aliphatic carbocycles. The summed E-state index contributed by atoms with van der Waals surface area (Å²) in [5, 5.41) is 9.73. The first-order chi connectivity index (χ1) is 13.0. The van der Waals surface area contributed by atoms with Crippen LogP contribution < -0.4 is 16.0 Å². The van der Waals surface area contributed by atoms with Crippen molar-refractivity contribution in [2.24, 2.45) is 10.9 Å². The van der Waals surface area contributed by atoms with Crippen LogP contribution >= 0.6 is 0 Å². The van der Waals surface area contributed by atoms with Gasteiger partial charge >= 0.3 is 0 Å². The summed E-state index contributed by atoms with van der Waals surface area (Å²) in [4.78, 5) is 18.8. The highest BCUT2D eigenvalue weighted by Crippen LogP contribution is 2.12. The van der Waals surface area contributed by atoms with Crippen molar-refractivity contribution < 1.29 is 9.21 Å². The molecule has 0 aromatic carbocycles. The number of carbonyl (C=O) groups is 1. The predicted octanol–water partition coefficient (Wildman–Crippen LogP) is 1.99. The summed E-state index contributed by atoms with van der Waals surface area (Å²) in [5.74, 6) is 1.80. The van der Waals surface area contributed by atoms with E-state index in [0.29, 0.717) is 18.3 Å². The van der Waals surface area contributed by atoms with Crippen molar-refractivity contribution in [3.05, 3.63) is 23.7 Å². The molecule has 0 atom stereocenters. The molecule has 1 fully saturated rings. The Balaban J connectivity index is 1.59. The number of guanidine groups is 1. The molecule has 7 nitrogen and oxygen atoms in total. The van der Waals surface area contributed by atoms with E-state index in [1.165, 1.54) is 12.8 Å². The minimum absolute atomic E-state index is 0.159. The standard InChI is InChI=1S/C20H35N5O2/c1-15(2)14-25-11-6-17(7-12-25)24-20(21-4)23-10-5-9-22-19(26)18-16(3)8-13-27-18/h8,13,15,17H,5-7,9-12,14H2,1-4H3,(H,22,26)(H2,21,23,24). The highest BCUT2D eigenvalue weighted by Gasteiger charge is 2.20. The van der Waals surface area contributed by atoms with Gasteiger partial charge in [0.05, 0.1) is 6.26 Å². The van der Waals surface area contributed by atoms with E-state index in [2.05, 4.69) is 39.7 Å². The Morgan fingerprint density at radius 2 is 2.00 bits per heavy atom. The lowest BCUT2D eigenvalue weighted by molar-refractivity contribution is 0.0925. The normalized spacial score (nSPS) is 16.6. The van der Waals surface area contributed by atoms with Gasteiger partial charge in [-0.1, -0.05) is 13.8 Å². The molecule has 7 heteroatoms. The Bertz CT molecular complexity index is 603. The van der Waals surface area contributed by atoms with Crippen LogP contribution in [0.25, 0.3) is 0 Å². The van der Waals surface area contributed by atoms with Crippen LogP contribution in [0.5, 0.6) is 0 Å². The Hall–Kier alpha value is -2.02. The molecule has 1 aliphatic heterocycles. The van der Waals surface area contributed by atoms with Crippen molar-refractivity contribution >= 4 is 11.9 Å². The molecule has 1 aliphatic rings. The molecule has 3 N–H and O–H groups in total. The Labute approximate surface area is 163 Å². The van der Waals surface area contributed by atoms with Crippen molar-refractivity contribution in [3.8, 4) is 0 Å². The van der Waals surface area contributed by atoms with Crippen LogP contribution in [-0.4, -0.2) is 62.6 Å². The number of piperidine rings is 1. The molecule has 1 amide bonds. The Morgan fingerprint density at radius 1 is 1.30 bits per heavy atom. The van der Waals surface area contributed by atoms with E-state index in [4.69, 9.17) is 4.42 Å². The zero-order valence-corrected chi connectivity index (χ0v) is 17.2. The number of likely N-dealkylation sites (tertiary alicyclic amines) is 1. The molecule has 0 unspecified atom stereocenters. The minimum atomic E-state index is -0.159. The molecular weight excluding hydrogens is 342 g/mol. The number of rotatable bonds is 8. The lowest BCUT2D eigenvalue weighted by Gasteiger charge is -2.34. The van der Waals surface area contributed by atoms with E-state index in [1.54, 1.807) is 13.1 Å². The van der Waals surface area contributed by atoms with Gasteiger partial charge in [-0.3, -0.25) is 9.79 Å². The number of aryl methyl sites for hydroxylation is 1. The second-order valence-corrected chi connectivity index (χ2v) is 7.65. The van der Waals surface area contributed by atoms with Gasteiger partial charge in [0.25, 0.3) is 5.91 Å². The van der Waals surface area contributed by atoms with Crippen molar-refractivity contribution in [1.29, 1.82) is 0 Å². The van der Waals surface area contributed by atoms with Crippen LogP contribution in [0, 0.1) is 12.8 Å². The number of aliphatic imine (C=N–C) groups is 1. The first-order valence-electron chi connectivity index (χ1n) is 10.0. The van der Waals surface area contributed by atoms with E-state index in [0.717, 1.165) is 56.3 Å². The molecule has 152 valence electrons. The van der Waals surface area contributed by atoms with Crippen molar-refractivity contribution in [2.75, 3.05) is 39.8 Å². The quantitative estimate of drug-likeness (QED) is 0.367. The van der Waals surface area contributed by atoms with Gasteiger partial charge < -0.3 is 25.3 Å². The summed E-state index contributed by atoms with van der Waals surface area (Å²) in [7, 11) is 1.80. The topological polar surface area (TPSA) is 81.9 Å². The van der Waals surface area contributed by atoms with Crippen LogP contribution in [0.2, 0.25) is 0 Å². The lowest BCUT2D eigenvalue weighted by Crippen LogP contribution is -2.49. The summed E-state index contributed by atoms with van der Waals surface area (Å²) < 4.78 is 5.19. The van der Waals surface area contributed by atoms with Gasteiger partial charge in [-0.15, -0.1) is 0 Å². The SMILES string of the molecule is CN=C(NCCCNC(=O)c1occc1C)NC1CCN(CC(C)C)CC1. The summed E-state index contributed by atoms with van der Waals surface area (Å²) in [5.41, 5.74) is 0.856. The number of carbonyl (C=O) groups excluding carboxylic acids is 1. The third-order valence-corrected chi connectivity index (χ3v) is 4.78. The molecule has 27 heavy (non-hydrogen) atoms. The number of amides is 1. The third-order valence-electron chi connectivity index (χ3n) is 4.78. The first kappa shape index (κ1) is 21.3. The minimum Gasteiger partial charge on any atom is -0.459 e. The van der Waals surface area contributed by atoms with E-state index in [-0.39, 0.29) is 5.91 Å². The van der Waals surface area contributed by atoms with Crippen molar-refractivity contribution in [1.82, 2.24) is 20.9 Å². The fourth-order valence-electron chi connectivity index (χ4n) is 3.35. The van der Waals surface area contributed by atoms with Crippen LogP contribution in [0.4, 0.5) is 0 Å². The van der Waals surface area contributed by atoms with Crippen LogP contribution in [0.3, 0.4) is 0 Å². The second kappa shape index (κ2) is 11.0.